The number of ether oxygens (including phenoxy) is 1. The molecule has 0 radical (unpaired) electrons. The van der Waals surface area contributed by atoms with Gasteiger partial charge in [0.1, 0.15) is 11.6 Å². The predicted octanol–water partition coefficient (Wildman–Crippen LogP) is 4.41. The van der Waals surface area contributed by atoms with E-state index in [4.69, 9.17) is 4.74 Å². The van der Waals surface area contributed by atoms with Crippen LogP contribution in [0.25, 0.3) is 11.1 Å². The first-order valence-corrected chi connectivity index (χ1v) is 10.4. The molecule has 1 fully saturated rings. The molecule has 31 heavy (non-hydrogen) atoms. The highest BCUT2D eigenvalue weighted by atomic mass is 19.1. The van der Waals surface area contributed by atoms with Crippen molar-refractivity contribution in [2.75, 3.05) is 6.61 Å². The van der Waals surface area contributed by atoms with Gasteiger partial charge in [0.05, 0.1) is 18.8 Å². The highest BCUT2D eigenvalue weighted by molar-refractivity contribution is 5.98. The summed E-state index contributed by atoms with van der Waals surface area (Å²) in [5, 5.41) is 12.5. The largest absolute Gasteiger partial charge is 0.492 e. The van der Waals surface area contributed by atoms with Crippen LogP contribution in [0, 0.1) is 18.7 Å². The molecule has 3 aromatic rings. The quantitative estimate of drug-likeness (QED) is 0.566. The molecule has 0 unspecified atom stereocenters. The van der Waals surface area contributed by atoms with Gasteiger partial charge in [0.25, 0.3) is 5.91 Å². The van der Waals surface area contributed by atoms with Crippen LogP contribution in [0.3, 0.4) is 0 Å². The normalized spacial score (nSPS) is 13.1. The average molecular weight is 420 g/mol. The van der Waals surface area contributed by atoms with E-state index in [0.29, 0.717) is 40.5 Å². The van der Waals surface area contributed by atoms with Gasteiger partial charge in [-0.25, -0.2) is 4.39 Å². The van der Waals surface area contributed by atoms with Crippen molar-refractivity contribution in [2.24, 2.45) is 5.92 Å². The van der Waals surface area contributed by atoms with E-state index >= 15 is 0 Å². The van der Waals surface area contributed by atoms with Gasteiger partial charge in [0, 0.05) is 24.5 Å². The summed E-state index contributed by atoms with van der Waals surface area (Å²) in [6.45, 7) is 2.34. The Balaban J connectivity index is 1.60. The number of rotatable bonds is 8. The fraction of sp³-hybridized carbons (Fsp3) is 0.280. The molecule has 2 aromatic carbocycles. The maximum atomic E-state index is 13.8. The number of carbonyl (C=O) groups is 1. The lowest BCUT2D eigenvalue weighted by atomic mass is 9.99. The predicted molar refractivity (Wildman–Crippen MR) is 116 cm³/mol. The van der Waals surface area contributed by atoms with Gasteiger partial charge in [-0.3, -0.25) is 9.78 Å². The zero-order valence-corrected chi connectivity index (χ0v) is 17.4. The highest BCUT2D eigenvalue weighted by Crippen LogP contribution is 2.32. The topological polar surface area (TPSA) is 71.5 Å². The number of hydrogen-bond donors (Lipinski definition) is 2. The number of aryl methyl sites for hydroxylation is 1. The lowest BCUT2D eigenvalue weighted by molar-refractivity contribution is 0.0946. The monoisotopic (exact) mass is 420 g/mol. The number of amides is 1. The first-order valence-electron chi connectivity index (χ1n) is 10.4. The number of halogens is 1. The Bertz CT molecular complexity index is 1100. The summed E-state index contributed by atoms with van der Waals surface area (Å²) >= 11 is 0. The van der Waals surface area contributed by atoms with Gasteiger partial charge < -0.3 is 15.2 Å². The summed E-state index contributed by atoms with van der Waals surface area (Å²) in [5.74, 6) is 0.472. The number of pyridine rings is 1. The van der Waals surface area contributed by atoms with Crippen molar-refractivity contribution in [3.05, 3.63) is 82.9 Å². The molecule has 2 N–H and O–H groups in total. The van der Waals surface area contributed by atoms with Crippen molar-refractivity contribution in [1.82, 2.24) is 10.3 Å². The van der Waals surface area contributed by atoms with Gasteiger partial charge in [0.15, 0.2) is 0 Å². The van der Waals surface area contributed by atoms with E-state index in [2.05, 4.69) is 10.3 Å². The van der Waals surface area contributed by atoms with Crippen molar-refractivity contribution in [2.45, 2.75) is 32.9 Å². The minimum absolute atomic E-state index is 0.149. The van der Waals surface area contributed by atoms with E-state index in [1.165, 1.54) is 6.07 Å². The lowest BCUT2D eigenvalue weighted by Crippen LogP contribution is -2.24. The van der Waals surface area contributed by atoms with Gasteiger partial charge in [-0.2, -0.15) is 0 Å². The summed E-state index contributed by atoms with van der Waals surface area (Å²) in [4.78, 5) is 17.1. The summed E-state index contributed by atoms with van der Waals surface area (Å²) in [5.41, 5.74) is 3.93. The van der Waals surface area contributed by atoms with Crippen LogP contribution in [0.1, 0.15) is 39.9 Å². The number of hydrogen-bond acceptors (Lipinski definition) is 4. The van der Waals surface area contributed by atoms with Gasteiger partial charge >= 0.3 is 0 Å². The number of benzene rings is 2. The van der Waals surface area contributed by atoms with E-state index in [1.807, 2.05) is 12.1 Å². The number of aliphatic hydroxyl groups is 1. The SMILES string of the molecule is Cc1ccc(CNC(=O)c2cc(-c3ccncc3CO)ccc2OCC2CC2)cc1F. The molecule has 1 heterocycles. The molecule has 0 aliphatic heterocycles. The molecular weight excluding hydrogens is 395 g/mol. The highest BCUT2D eigenvalue weighted by Gasteiger charge is 2.23. The van der Waals surface area contributed by atoms with Crippen LogP contribution < -0.4 is 10.1 Å². The van der Waals surface area contributed by atoms with Crippen LogP contribution in [0.5, 0.6) is 5.75 Å². The number of aliphatic hydroxyl groups excluding tert-OH is 1. The van der Waals surface area contributed by atoms with E-state index < -0.39 is 0 Å². The van der Waals surface area contributed by atoms with Crippen molar-refractivity contribution in [1.29, 1.82) is 0 Å². The van der Waals surface area contributed by atoms with Crippen LogP contribution in [-0.4, -0.2) is 22.6 Å². The molecule has 1 amide bonds. The molecule has 1 saturated carbocycles. The van der Waals surface area contributed by atoms with Crippen LogP contribution in [0.15, 0.2) is 54.9 Å². The molecule has 4 rings (SSSR count). The minimum Gasteiger partial charge on any atom is -0.492 e. The van der Waals surface area contributed by atoms with Crippen molar-refractivity contribution < 1.29 is 19.0 Å². The molecular formula is C25H25FN2O3. The zero-order valence-electron chi connectivity index (χ0n) is 17.4. The smallest absolute Gasteiger partial charge is 0.255 e. The first kappa shape index (κ1) is 21.0. The number of nitrogens with zero attached hydrogens (tertiary/aromatic N) is 1. The second-order valence-electron chi connectivity index (χ2n) is 7.92. The fourth-order valence-corrected chi connectivity index (χ4v) is 3.35. The van der Waals surface area contributed by atoms with Gasteiger partial charge in [-0.1, -0.05) is 18.2 Å². The van der Waals surface area contributed by atoms with E-state index in [9.17, 15) is 14.3 Å². The van der Waals surface area contributed by atoms with Crippen LogP contribution in [0.2, 0.25) is 0 Å². The van der Waals surface area contributed by atoms with Crippen molar-refractivity contribution in [3.63, 3.8) is 0 Å². The Morgan fingerprint density at radius 3 is 2.81 bits per heavy atom. The number of aromatic nitrogens is 1. The molecule has 160 valence electrons. The zero-order chi connectivity index (χ0) is 21.8. The Labute approximate surface area is 180 Å². The van der Waals surface area contributed by atoms with Crippen LogP contribution in [0.4, 0.5) is 4.39 Å². The van der Waals surface area contributed by atoms with E-state index in [1.54, 1.807) is 43.6 Å². The summed E-state index contributed by atoms with van der Waals surface area (Å²) in [7, 11) is 0. The van der Waals surface area contributed by atoms with Crippen LogP contribution in [-0.2, 0) is 13.2 Å². The van der Waals surface area contributed by atoms with E-state index in [0.717, 1.165) is 24.0 Å². The van der Waals surface area contributed by atoms with E-state index in [-0.39, 0.29) is 24.9 Å². The molecule has 1 aromatic heterocycles. The van der Waals surface area contributed by atoms with Crippen molar-refractivity contribution in [3.8, 4) is 16.9 Å². The molecule has 1 aliphatic carbocycles. The lowest BCUT2D eigenvalue weighted by Gasteiger charge is -2.15. The Kier molecular flexibility index (Phi) is 6.28. The standard InChI is InChI=1S/C25H25FN2O3/c1-16-2-3-18(10-23(16)26)12-28-25(30)22-11-19(21-8-9-27-13-20(21)14-29)6-7-24(22)31-15-17-4-5-17/h2-3,6-11,13,17,29H,4-5,12,14-15H2,1H3,(H,28,30). The van der Waals surface area contributed by atoms with Crippen LogP contribution >= 0.6 is 0 Å². The molecule has 5 nitrogen and oxygen atoms in total. The Hall–Kier alpha value is -3.25. The maximum absolute atomic E-state index is 13.8. The molecule has 1 aliphatic rings. The number of carbonyl (C=O) groups excluding carboxylic acids is 1. The second kappa shape index (κ2) is 9.27. The third-order valence-corrected chi connectivity index (χ3v) is 5.47. The summed E-state index contributed by atoms with van der Waals surface area (Å²) in [6.07, 6.45) is 5.56. The fourth-order valence-electron chi connectivity index (χ4n) is 3.35. The third-order valence-electron chi connectivity index (χ3n) is 5.47. The first-order chi connectivity index (χ1) is 15.0. The van der Waals surface area contributed by atoms with Gasteiger partial charge in [-0.15, -0.1) is 0 Å². The minimum atomic E-state index is -0.298. The second-order valence-corrected chi connectivity index (χ2v) is 7.92. The van der Waals surface area contributed by atoms with Gasteiger partial charge in [-0.05, 0) is 72.2 Å². The Morgan fingerprint density at radius 2 is 2.06 bits per heavy atom. The molecule has 0 spiro atoms. The third kappa shape index (κ3) is 5.09. The number of nitrogens with one attached hydrogen (secondary N) is 1. The Morgan fingerprint density at radius 1 is 1.23 bits per heavy atom. The summed E-state index contributed by atoms with van der Waals surface area (Å²) in [6, 6.07) is 12.2. The molecule has 0 bridgehead atoms. The maximum Gasteiger partial charge on any atom is 0.255 e. The average Bonchev–Trinajstić information content (AvgIpc) is 3.62. The summed E-state index contributed by atoms with van der Waals surface area (Å²) < 4.78 is 19.8. The molecule has 6 heteroatoms. The molecule has 0 atom stereocenters. The molecule has 0 saturated heterocycles. The van der Waals surface area contributed by atoms with Crippen molar-refractivity contribution >= 4 is 5.91 Å². The van der Waals surface area contributed by atoms with Gasteiger partial charge in [0.2, 0.25) is 0 Å².